The van der Waals surface area contributed by atoms with Crippen LogP contribution in [0.4, 0.5) is 0 Å². The van der Waals surface area contributed by atoms with Gasteiger partial charge in [0.05, 0.1) is 5.60 Å². The molecule has 2 unspecified atom stereocenters. The number of hydrogen-bond acceptors (Lipinski definition) is 3. The highest BCUT2D eigenvalue weighted by atomic mass is 16.5. The quantitative estimate of drug-likeness (QED) is 0.795. The summed E-state index contributed by atoms with van der Waals surface area (Å²) in [5.74, 6) is 0. The maximum atomic E-state index is 5.87. The zero-order valence-electron chi connectivity index (χ0n) is 11.5. The first-order chi connectivity index (χ1) is 8.22. The topological polar surface area (TPSA) is 24.5 Å². The second kappa shape index (κ2) is 6.17. The normalized spacial score (nSPS) is 35.3. The van der Waals surface area contributed by atoms with Gasteiger partial charge in [0.2, 0.25) is 0 Å². The van der Waals surface area contributed by atoms with Gasteiger partial charge in [0, 0.05) is 25.7 Å². The molecule has 2 aliphatic heterocycles. The average molecular weight is 240 g/mol. The Morgan fingerprint density at radius 1 is 1.35 bits per heavy atom. The van der Waals surface area contributed by atoms with E-state index in [9.17, 15) is 0 Å². The van der Waals surface area contributed by atoms with Gasteiger partial charge in [-0.15, -0.1) is 0 Å². The molecule has 3 heteroatoms. The molecular formula is C14H28N2O. The Bertz CT molecular complexity index is 228. The highest BCUT2D eigenvalue weighted by Gasteiger charge is 2.31. The second-order valence-corrected chi connectivity index (χ2v) is 5.84. The Morgan fingerprint density at radius 3 is 2.82 bits per heavy atom. The van der Waals surface area contributed by atoms with Gasteiger partial charge in [-0.05, 0) is 52.1 Å². The molecule has 0 aromatic carbocycles. The van der Waals surface area contributed by atoms with E-state index in [-0.39, 0.29) is 5.60 Å². The molecule has 2 saturated heterocycles. The lowest BCUT2D eigenvalue weighted by Gasteiger charge is -2.38. The summed E-state index contributed by atoms with van der Waals surface area (Å²) in [5, 5.41) is 3.72. The molecule has 0 aromatic heterocycles. The van der Waals surface area contributed by atoms with E-state index in [4.69, 9.17) is 4.74 Å². The van der Waals surface area contributed by atoms with Crippen molar-refractivity contribution in [3.05, 3.63) is 0 Å². The number of hydrogen-bond donors (Lipinski definition) is 1. The maximum absolute atomic E-state index is 5.87. The molecule has 100 valence electrons. The molecule has 2 rings (SSSR count). The predicted molar refractivity (Wildman–Crippen MR) is 71.3 cm³/mol. The number of ether oxygens (including phenoxy) is 1. The number of nitrogens with one attached hydrogen (secondary N) is 1. The van der Waals surface area contributed by atoms with E-state index in [1.54, 1.807) is 0 Å². The van der Waals surface area contributed by atoms with Gasteiger partial charge in [-0.25, -0.2) is 0 Å². The van der Waals surface area contributed by atoms with Crippen molar-refractivity contribution in [2.75, 3.05) is 32.8 Å². The molecular weight excluding hydrogens is 212 g/mol. The summed E-state index contributed by atoms with van der Waals surface area (Å²) in [7, 11) is 0. The minimum atomic E-state index is 0.115. The van der Waals surface area contributed by atoms with E-state index in [1.807, 2.05) is 0 Å². The van der Waals surface area contributed by atoms with Gasteiger partial charge in [0.15, 0.2) is 0 Å². The minimum absolute atomic E-state index is 0.115. The Kier molecular flexibility index (Phi) is 4.83. The molecule has 1 N–H and O–H groups in total. The highest BCUT2D eigenvalue weighted by Crippen LogP contribution is 2.27. The number of likely N-dealkylation sites (tertiary alicyclic amines) is 1. The predicted octanol–water partition coefficient (Wildman–Crippen LogP) is 2.02. The van der Waals surface area contributed by atoms with E-state index in [2.05, 4.69) is 24.1 Å². The van der Waals surface area contributed by atoms with Crippen LogP contribution in [-0.2, 0) is 4.74 Å². The molecule has 2 heterocycles. The SMILES string of the molecule is CCC1(C)CC(NCCN2CCCC2)CCO1. The summed E-state index contributed by atoms with van der Waals surface area (Å²) < 4.78 is 5.87. The summed E-state index contributed by atoms with van der Waals surface area (Å²) in [4.78, 5) is 2.57. The van der Waals surface area contributed by atoms with Gasteiger partial charge in [-0.3, -0.25) is 0 Å². The van der Waals surface area contributed by atoms with E-state index in [1.165, 1.54) is 45.3 Å². The van der Waals surface area contributed by atoms with Crippen LogP contribution >= 0.6 is 0 Å². The molecule has 0 radical (unpaired) electrons. The summed E-state index contributed by atoms with van der Waals surface area (Å²) in [6.07, 6.45) is 6.26. The van der Waals surface area contributed by atoms with Crippen LogP contribution in [0.1, 0.15) is 46.0 Å². The largest absolute Gasteiger partial charge is 0.375 e. The first-order valence-electron chi connectivity index (χ1n) is 7.31. The van der Waals surface area contributed by atoms with Crippen molar-refractivity contribution in [3.63, 3.8) is 0 Å². The first-order valence-corrected chi connectivity index (χ1v) is 7.31. The van der Waals surface area contributed by atoms with Gasteiger partial charge in [-0.2, -0.15) is 0 Å². The van der Waals surface area contributed by atoms with Crippen LogP contribution in [0.5, 0.6) is 0 Å². The smallest absolute Gasteiger partial charge is 0.0666 e. The lowest BCUT2D eigenvalue weighted by Crippen LogP contribution is -2.46. The van der Waals surface area contributed by atoms with Crippen molar-refractivity contribution in [2.24, 2.45) is 0 Å². The van der Waals surface area contributed by atoms with Crippen LogP contribution in [0, 0.1) is 0 Å². The minimum Gasteiger partial charge on any atom is -0.375 e. The van der Waals surface area contributed by atoms with Gasteiger partial charge in [0.25, 0.3) is 0 Å². The third-order valence-electron chi connectivity index (χ3n) is 4.40. The van der Waals surface area contributed by atoms with Gasteiger partial charge < -0.3 is 15.0 Å². The molecule has 0 aliphatic carbocycles. The molecule has 2 fully saturated rings. The van der Waals surface area contributed by atoms with Gasteiger partial charge in [-0.1, -0.05) is 6.92 Å². The summed E-state index contributed by atoms with van der Waals surface area (Å²) in [6, 6.07) is 0.663. The van der Waals surface area contributed by atoms with E-state index in [0.717, 1.165) is 19.6 Å². The Labute approximate surface area is 106 Å². The van der Waals surface area contributed by atoms with Crippen LogP contribution in [0.3, 0.4) is 0 Å². The Hall–Kier alpha value is -0.120. The lowest BCUT2D eigenvalue weighted by molar-refractivity contribution is -0.0779. The van der Waals surface area contributed by atoms with Crippen LogP contribution in [0.15, 0.2) is 0 Å². The second-order valence-electron chi connectivity index (χ2n) is 5.84. The Balaban J connectivity index is 1.64. The van der Waals surface area contributed by atoms with Crippen molar-refractivity contribution in [3.8, 4) is 0 Å². The summed E-state index contributed by atoms with van der Waals surface area (Å²) in [5.41, 5.74) is 0.115. The van der Waals surface area contributed by atoms with Crippen molar-refractivity contribution in [1.82, 2.24) is 10.2 Å². The van der Waals surface area contributed by atoms with Crippen molar-refractivity contribution >= 4 is 0 Å². The summed E-state index contributed by atoms with van der Waals surface area (Å²) in [6.45, 7) is 10.4. The fraction of sp³-hybridized carbons (Fsp3) is 1.00. The lowest BCUT2D eigenvalue weighted by atomic mass is 9.90. The molecule has 0 amide bonds. The van der Waals surface area contributed by atoms with Crippen LogP contribution in [0.2, 0.25) is 0 Å². The Morgan fingerprint density at radius 2 is 2.12 bits per heavy atom. The van der Waals surface area contributed by atoms with E-state index < -0.39 is 0 Å². The average Bonchev–Trinajstić information content (AvgIpc) is 2.82. The standard InChI is InChI=1S/C14H28N2O/c1-3-14(2)12-13(6-11-17-14)15-7-10-16-8-4-5-9-16/h13,15H,3-12H2,1-2H3. The fourth-order valence-electron chi connectivity index (χ4n) is 2.98. The highest BCUT2D eigenvalue weighted by molar-refractivity contribution is 4.85. The molecule has 17 heavy (non-hydrogen) atoms. The summed E-state index contributed by atoms with van der Waals surface area (Å²) >= 11 is 0. The first kappa shape index (κ1) is 13.3. The van der Waals surface area contributed by atoms with E-state index >= 15 is 0 Å². The zero-order valence-corrected chi connectivity index (χ0v) is 11.5. The molecule has 2 atom stereocenters. The van der Waals surface area contributed by atoms with Crippen LogP contribution < -0.4 is 5.32 Å². The third kappa shape index (κ3) is 3.94. The zero-order chi connectivity index (χ0) is 12.1. The molecule has 2 aliphatic rings. The van der Waals surface area contributed by atoms with Gasteiger partial charge in [0.1, 0.15) is 0 Å². The molecule has 0 spiro atoms. The van der Waals surface area contributed by atoms with Gasteiger partial charge >= 0.3 is 0 Å². The van der Waals surface area contributed by atoms with Crippen molar-refractivity contribution in [2.45, 2.75) is 57.6 Å². The molecule has 0 aromatic rings. The van der Waals surface area contributed by atoms with Crippen molar-refractivity contribution < 1.29 is 4.74 Å². The maximum Gasteiger partial charge on any atom is 0.0666 e. The fourth-order valence-corrected chi connectivity index (χ4v) is 2.98. The van der Waals surface area contributed by atoms with Crippen molar-refractivity contribution in [1.29, 1.82) is 0 Å². The molecule has 0 saturated carbocycles. The van der Waals surface area contributed by atoms with E-state index in [0.29, 0.717) is 6.04 Å². The number of nitrogens with zero attached hydrogens (tertiary/aromatic N) is 1. The van der Waals surface area contributed by atoms with Crippen LogP contribution in [0.25, 0.3) is 0 Å². The number of rotatable bonds is 5. The molecule has 3 nitrogen and oxygen atoms in total. The molecule has 0 bridgehead atoms. The third-order valence-corrected chi connectivity index (χ3v) is 4.40. The van der Waals surface area contributed by atoms with Crippen LogP contribution in [-0.4, -0.2) is 49.3 Å². The monoisotopic (exact) mass is 240 g/mol.